The molecule has 6 heteroatoms. The number of rotatable bonds is 5. The Labute approximate surface area is 145 Å². The van der Waals surface area contributed by atoms with Gasteiger partial charge in [0.2, 0.25) is 0 Å². The fourth-order valence-electron chi connectivity index (χ4n) is 2.56. The molecular formula is C17H23BrN4O. The first kappa shape index (κ1) is 17.5. The third-order valence-corrected chi connectivity index (χ3v) is 4.68. The van der Waals surface area contributed by atoms with E-state index in [0.29, 0.717) is 6.54 Å². The summed E-state index contributed by atoms with van der Waals surface area (Å²) in [4.78, 5) is 14.0. The van der Waals surface area contributed by atoms with Crippen molar-refractivity contribution in [3.63, 3.8) is 0 Å². The van der Waals surface area contributed by atoms with Crippen LogP contribution in [-0.4, -0.2) is 34.3 Å². The number of carbonyl (C=O) groups excluding carboxylic acids is 1. The molecule has 2 aromatic rings. The van der Waals surface area contributed by atoms with Crippen LogP contribution in [0, 0.1) is 13.8 Å². The summed E-state index contributed by atoms with van der Waals surface area (Å²) in [5, 5.41) is 7.43. The van der Waals surface area contributed by atoms with Crippen LogP contribution < -0.4 is 5.32 Å². The number of hydrogen-bond donors (Lipinski definition) is 1. The van der Waals surface area contributed by atoms with Gasteiger partial charge in [0.1, 0.15) is 0 Å². The summed E-state index contributed by atoms with van der Waals surface area (Å²) < 4.78 is 2.88. The summed E-state index contributed by atoms with van der Waals surface area (Å²) in [7, 11) is 1.81. The molecule has 124 valence electrons. The highest BCUT2D eigenvalue weighted by atomic mass is 79.9. The van der Waals surface area contributed by atoms with Crippen molar-refractivity contribution in [2.24, 2.45) is 0 Å². The fourth-order valence-corrected chi connectivity index (χ4v) is 2.94. The van der Waals surface area contributed by atoms with E-state index in [1.807, 2.05) is 35.9 Å². The zero-order valence-electron chi connectivity index (χ0n) is 14.1. The Hall–Kier alpha value is -1.82. The van der Waals surface area contributed by atoms with E-state index in [9.17, 15) is 4.79 Å². The van der Waals surface area contributed by atoms with Gasteiger partial charge < -0.3 is 10.2 Å². The number of aryl methyl sites for hydroxylation is 2. The van der Waals surface area contributed by atoms with E-state index in [2.05, 4.69) is 40.2 Å². The third-order valence-electron chi connectivity index (χ3n) is 3.99. The average Bonchev–Trinajstić information content (AvgIpc) is 2.81. The third kappa shape index (κ3) is 4.13. The summed E-state index contributed by atoms with van der Waals surface area (Å²) in [6.07, 6.45) is 0.803. The smallest absolute Gasteiger partial charge is 0.321 e. The fraction of sp³-hybridized carbons (Fsp3) is 0.412. The Balaban J connectivity index is 1.97. The molecule has 2 rings (SSSR count). The first-order valence-electron chi connectivity index (χ1n) is 7.73. The molecule has 0 radical (unpaired) electrons. The van der Waals surface area contributed by atoms with Gasteiger partial charge in [0.05, 0.1) is 11.4 Å². The normalized spacial score (nSPS) is 10.7. The van der Waals surface area contributed by atoms with E-state index in [0.717, 1.165) is 28.8 Å². The van der Waals surface area contributed by atoms with Crippen molar-refractivity contribution >= 4 is 27.6 Å². The highest BCUT2D eigenvalue weighted by molar-refractivity contribution is 9.10. The molecule has 0 saturated heterocycles. The molecule has 5 nitrogen and oxygen atoms in total. The standard InChI is InChI=1S/C17H23BrN4O/c1-5-22-13(3)14(12(2)20-22)10-11-21(4)17(23)19-16-9-7-6-8-15(16)18/h6-9H,5,10-11H2,1-4H3,(H,19,23). The van der Waals surface area contributed by atoms with Gasteiger partial charge in [-0.05, 0) is 60.8 Å². The summed E-state index contributed by atoms with van der Waals surface area (Å²) in [6, 6.07) is 7.47. The summed E-state index contributed by atoms with van der Waals surface area (Å²) >= 11 is 3.44. The van der Waals surface area contributed by atoms with E-state index in [1.165, 1.54) is 11.3 Å². The molecule has 0 saturated carbocycles. The van der Waals surface area contributed by atoms with Crippen LogP contribution in [0.2, 0.25) is 0 Å². The zero-order valence-corrected chi connectivity index (χ0v) is 15.6. The molecule has 23 heavy (non-hydrogen) atoms. The molecule has 1 aromatic carbocycles. The number of urea groups is 1. The summed E-state index contributed by atoms with van der Waals surface area (Å²) in [5.41, 5.74) is 4.23. The molecule has 0 aliphatic rings. The lowest BCUT2D eigenvalue weighted by Gasteiger charge is -2.18. The maximum atomic E-state index is 12.3. The Morgan fingerprint density at radius 3 is 2.65 bits per heavy atom. The van der Waals surface area contributed by atoms with Gasteiger partial charge in [-0.1, -0.05) is 12.1 Å². The second-order valence-corrected chi connectivity index (χ2v) is 6.40. The zero-order chi connectivity index (χ0) is 17.0. The molecule has 1 heterocycles. The van der Waals surface area contributed by atoms with Gasteiger partial charge in [-0.25, -0.2) is 4.79 Å². The lowest BCUT2D eigenvalue weighted by molar-refractivity contribution is 0.223. The maximum absolute atomic E-state index is 12.3. The van der Waals surface area contributed by atoms with Crippen LogP contribution in [-0.2, 0) is 13.0 Å². The lowest BCUT2D eigenvalue weighted by Crippen LogP contribution is -2.33. The minimum absolute atomic E-state index is 0.116. The Morgan fingerprint density at radius 1 is 1.35 bits per heavy atom. The van der Waals surface area contributed by atoms with Gasteiger partial charge in [0.15, 0.2) is 0 Å². The number of para-hydroxylation sites is 1. The maximum Gasteiger partial charge on any atom is 0.321 e. The first-order chi connectivity index (χ1) is 10.9. The number of nitrogens with zero attached hydrogens (tertiary/aromatic N) is 3. The SMILES string of the molecule is CCn1nc(C)c(CCN(C)C(=O)Nc2ccccc2Br)c1C. The van der Waals surface area contributed by atoms with Crippen molar-refractivity contribution in [1.29, 1.82) is 0 Å². The molecule has 0 aliphatic heterocycles. The van der Waals surface area contributed by atoms with Crippen LogP contribution in [0.25, 0.3) is 0 Å². The highest BCUT2D eigenvalue weighted by Crippen LogP contribution is 2.21. The predicted molar refractivity (Wildman–Crippen MR) is 96.9 cm³/mol. The monoisotopic (exact) mass is 378 g/mol. The number of halogens is 1. The van der Waals surface area contributed by atoms with Crippen molar-refractivity contribution in [3.8, 4) is 0 Å². The number of aromatic nitrogens is 2. The van der Waals surface area contributed by atoms with Crippen LogP contribution >= 0.6 is 15.9 Å². The van der Waals surface area contributed by atoms with E-state index >= 15 is 0 Å². The lowest BCUT2D eigenvalue weighted by atomic mass is 10.1. The van der Waals surface area contributed by atoms with Gasteiger partial charge in [0.25, 0.3) is 0 Å². The first-order valence-corrected chi connectivity index (χ1v) is 8.52. The molecule has 0 bridgehead atoms. The van der Waals surface area contributed by atoms with Crippen molar-refractivity contribution in [1.82, 2.24) is 14.7 Å². The van der Waals surface area contributed by atoms with Crippen LogP contribution in [0.15, 0.2) is 28.7 Å². The Bertz CT molecular complexity index is 696. The summed E-state index contributed by atoms with van der Waals surface area (Å²) in [6.45, 7) is 7.70. The summed E-state index contributed by atoms with van der Waals surface area (Å²) in [5.74, 6) is 0. The van der Waals surface area contributed by atoms with Gasteiger partial charge >= 0.3 is 6.03 Å². The van der Waals surface area contributed by atoms with Gasteiger partial charge in [-0.15, -0.1) is 0 Å². The molecule has 1 aromatic heterocycles. The van der Waals surface area contributed by atoms with E-state index in [4.69, 9.17) is 0 Å². The molecular weight excluding hydrogens is 356 g/mol. The van der Waals surface area contributed by atoms with Crippen LogP contribution in [0.3, 0.4) is 0 Å². The number of hydrogen-bond acceptors (Lipinski definition) is 2. The van der Waals surface area contributed by atoms with Crippen molar-refractivity contribution in [2.75, 3.05) is 18.9 Å². The number of anilines is 1. The van der Waals surface area contributed by atoms with Gasteiger partial charge in [0, 0.05) is 30.3 Å². The number of benzene rings is 1. The molecule has 0 atom stereocenters. The Morgan fingerprint density at radius 2 is 2.04 bits per heavy atom. The van der Waals surface area contributed by atoms with Crippen LogP contribution in [0.4, 0.5) is 10.5 Å². The largest absolute Gasteiger partial charge is 0.327 e. The van der Waals surface area contributed by atoms with Crippen molar-refractivity contribution in [3.05, 3.63) is 45.7 Å². The van der Waals surface area contributed by atoms with Crippen molar-refractivity contribution in [2.45, 2.75) is 33.7 Å². The predicted octanol–water partition coefficient (Wildman–Crippen LogP) is 3.99. The Kier molecular flexibility index (Phi) is 5.82. The molecule has 0 aliphatic carbocycles. The molecule has 0 unspecified atom stereocenters. The van der Waals surface area contributed by atoms with E-state index in [1.54, 1.807) is 11.9 Å². The molecule has 1 N–H and O–H groups in total. The van der Waals surface area contributed by atoms with Gasteiger partial charge in [-0.3, -0.25) is 4.68 Å². The minimum atomic E-state index is -0.116. The number of carbonyl (C=O) groups is 1. The average molecular weight is 379 g/mol. The number of likely N-dealkylation sites (N-methyl/N-ethyl adjacent to an activating group) is 1. The molecule has 0 spiro atoms. The quantitative estimate of drug-likeness (QED) is 0.854. The number of nitrogens with one attached hydrogen (secondary N) is 1. The van der Waals surface area contributed by atoms with Crippen LogP contribution in [0.5, 0.6) is 0 Å². The number of amides is 2. The molecule has 2 amide bonds. The topological polar surface area (TPSA) is 50.2 Å². The second kappa shape index (κ2) is 7.64. The molecule has 0 fully saturated rings. The highest BCUT2D eigenvalue weighted by Gasteiger charge is 2.14. The van der Waals surface area contributed by atoms with E-state index < -0.39 is 0 Å². The second-order valence-electron chi connectivity index (χ2n) is 5.55. The van der Waals surface area contributed by atoms with Crippen LogP contribution in [0.1, 0.15) is 23.9 Å². The minimum Gasteiger partial charge on any atom is -0.327 e. The van der Waals surface area contributed by atoms with E-state index in [-0.39, 0.29) is 6.03 Å². The van der Waals surface area contributed by atoms with Gasteiger partial charge in [-0.2, -0.15) is 5.10 Å². The van der Waals surface area contributed by atoms with Crippen molar-refractivity contribution < 1.29 is 4.79 Å².